The first-order chi connectivity index (χ1) is 10.2. The highest BCUT2D eigenvalue weighted by Crippen LogP contribution is 2.07. The number of morpholine rings is 1. The normalized spacial score (nSPS) is 20.8. The number of rotatable bonds is 8. The lowest BCUT2D eigenvalue weighted by atomic mass is 10.2. The van der Waals surface area contributed by atoms with Crippen molar-refractivity contribution in [3.8, 4) is 0 Å². The minimum absolute atomic E-state index is 0.232. The average Bonchev–Trinajstić information content (AvgIpc) is 2.46. The van der Waals surface area contributed by atoms with E-state index >= 15 is 0 Å². The van der Waals surface area contributed by atoms with Crippen LogP contribution in [-0.2, 0) is 9.47 Å². The molecule has 0 radical (unpaired) electrons. The molecule has 0 spiro atoms. The Morgan fingerprint density at radius 2 is 2.24 bits per heavy atom. The SMILES string of the molecule is CN=C(NCCCOC)NCC1CN(CC(C)C)CCO1. The number of ether oxygens (including phenoxy) is 2. The van der Waals surface area contributed by atoms with Crippen LogP contribution in [-0.4, -0.2) is 77.1 Å². The van der Waals surface area contributed by atoms with Crippen LogP contribution >= 0.6 is 0 Å². The summed E-state index contributed by atoms with van der Waals surface area (Å²) in [5.74, 6) is 1.53. The molecule has 1 heterocycles. The minimum atomic E-state index is 0.232. The molecule has 0 bridgehead atoms. The van der Waals surface area contributed by atoms with Crippen molar-refractivity contribution in [1.82, 2.24) is 15.5 Å². The molecule has 0 aromatic carbocycles. The molecule has 0 aliphatic carbocycles. The van der Waals surface area contributed by atoms with E-state index in [0.717, 1.165) is 58.3 Å². The quantitative estimate of drug-likeness (QED) is 0.389. The lowest BCUT2D eigenvalue weighted by Crippen LogP contribution is -2.50. The Labute approximate surface area is 129 Å². The van der Waals surface area contributed by atoms with Gasteiger partial charge in [-0.3, -0.25) is 9.89 Å². The second-order valence-electron chi connectivity index (χ2n) is 5.87. The van der Waals surface area contributed by atoms with Crippen molar-refractivity contribution in [3.05, 3.63) is 0 Å². The van der Waals surface area contributed by atoms with Gasteiger partial charge in [0, 0.05) is 53.5 Å². The van der Waals surface area contributed by atoms with Gasteiger partial charge in [-0.15, -0.1) is 0 Å². The first kappa shape index (κ1) is 18.2. The smallest absolute Gasteiger partial charge is 0.191 e. The zero-order chi connectivity index (χ0) is 15.5. The second kappa shape index (κ2) is 10.8. The van der Waals surface area contributed by atoms with E-state index < -0.39 is 0 Å². The van der Waals surface area contributed by atoms with Crippen LogP contribution in [0.4, 0.5) is 0 Å². The van der Waals surface area contributed by atoms with Crippen LogP contribution in [0.5, 0.6) is 0 Å². The monoisotopic (exact) mass is 300 g/mol. The van der Waals surface area contributed by atoms with Crippen LogP contribution < -0.4 is 10.6 Å². The van der Waals surface area contributed by atoms with Gasteiger partial charge in [-0.25, -0.2) is 0 Å². The third-order valence-electron chi connectivity index (χ3n) is 3.38. The van der Waals surface area contributed by atoms with E-state index in [1.54, 1.807) is 14.2 Å². The second-order valence-corrected chi connectivity index (χ2v) is 5.87. The zero-order valence-electron chi connectivity index (χ0n) is 14.0. The standard InChI is InChI=1S/C15H32N4O2/c1-13(2)11-19-7-9-21-14(12-19)10-18-15(16-3)17-6-5-8-20-4/h13-14H,5-12H2,1-4H3,(H2,16,17,18). The number of nitrogens with one attached hydrogen (secondary N) is 2. The molecule has 1 fully saturated rings. The van der Waals surface area contributed by atoms with Gasteiger partial charge in [0.1, 0.15) is 0 Å². The Balaban J connectivity index is 2.22. The van der Waals surface area contributed by atoms with Crippen LogP contribution in [0, 0.1) is 5.92 Å². The van der Waals surface area contributed by atoms with Crippen LogP contribution in [0.25, 0.3) is 0 Å². The van der Waals surface area contributed by atoms with E-state index in [1.807, 2.05) is 0 Å². The summed E-state index contributed by atoms with van der Waals surface area (Å²) in [5.41, 5.74) is 0. The van der Waals surface area contributed by atoms with Gasteiger partial charge < -0.3 is 20.1 Å². The first-order valence-electron chi connectivity index (χ1n) is 7.93. The molecule has 0 aromatic heterocycles. The molecule has 1 atom stereocenters. The number of methoxy groups -OCH3 is 1. The number of hydrogen-bond acceptors (Lipinski definition) is 4. The summed E-state index contributed by atoms with van der Waals surface area (Å²) >= 11 is 0. The van der Waals surface area contributed by atoms with E-state index in [9.17, 15) is 0 Å². The average molecular weight is 300 g/mol. The third kappa shape index (κ3) is 8.24. The third-order valence-corrected chi connectivity index (χ3v) is 3.38. The van der Waals surface area contributed by atoms with E-state index in [4.69, 9.17) is 9.47 Å². The van der Waals surface area contributed by atoms with Gasteiger partial charge in [0.2, 0.25) is 0 Å². The molecule has 2 N–H and O–H groups in total. The van der Waals surface area contributed by atoms with E-state index in [1.165, 1.54) is 0 Å². The maximum absolute atomic E-state index is 5.82. The summed E-state index contributed by atoms with van der Waals surface area (Å²) in [6.07, 6.45) is 1.20. The lowest BCUT2D eigenvalue weighted by molar-refractivity contribution is -0.0284. The molecule has 6 heteroatoms. The summed E-state index contributed by atoms with van der Waals surface area (Å²) in [6, 6.07) is 0. The maximum atomic E-state index is 5.82. The fraction of sp³-hybridized carbons (Fsp3) is 0.933. The van der Waals surface area contributed by atoms with Gasteiger partial charge in [-0.05, 0) is 12.3 Å². The molecule has 1 aliphatic heterocycles. The fourth-order valence-electron chi connectivity index (χ4n) is 2.44. The van der Waals surface area contributed by atoms with E-state index in [-0.39, 0.29) is 6.10 Å². The molecule has 1 rings (SSSR count). The van der Waals surface area contributed by atoms with Crippen molar-refractivity contribution in [2.24, 2.45) is 10.9 Å². The minimum Gasteiger partial charge on any atom is -0.385 e. The molecule has 1 saturated heterocycles. The molecular formula is C15H32N4O2. The lowest BCUT2D eigenvalue weighted by Gasteiger charge is -2.34. The molecule has 0 aromatic rings. The summed E-state index contributed by atoms with van der Waals surface area (Å²) in [7, 11) is 3.51. The highest BCUT2D eigenvalue weighted by atomic mass is 16.5. The molecular weight excluding hydrogens is 268 g/mol. The van der Waals surface area contributed by atoms with Gasteiger partial charge in [-0.1, -0.05) is 13.8 Å². The summed E-state index contributed by atoms with van der Waals surface area (Å²) < 4.78 is 10.9. The Hall–Kier alpha value is -0.850. The maximum Gasteiger partial charge on any atom is 0.191 e. The van der Waals surface area contributed by atoms with Gasteiger partial charge in [-0.2, -0.15) is 0 Å². The molecule has 0 amide bonds. The molecule has 6 nitrogen and oxygen atoms in total. The highest BCUT2D eigenvalue weighted by Gasteiger charge is 2.20. The predicted molar refractivity (Wildman–Crippen MR) is 86.9 cm³/mol. The van der Waals surface area contributed by atoms with Gasteiger partial charge in [0.05, 0.1) is 12.7 Å². The molecule has 1 aliphatic rings. The molecule has 124 valence electrons. The van der Waals surface area contributed by atoms with E-state index in [0.29, 0.717) is 5.92 Å². The van der Waals surface area contributed by atoms with Crippen LogP contribution in [0.15, 0.2) is 4.99 Å². The van der Waals surface area contributed by atoms with Gasteiger partial charge in [0.15, 0.2) is 5.96 Å². The van der Waals surface area contributed by atoms with Crippen molar-refractivity contribution in [2.75, 3.05) is 60.1 Å². The van der Waals surface area contributed by atoms with Gasteiger partial charge in [0.25, 0.3) is 0 Å². The van der Waals surface area contributed by atoms with Crippen molar-refractivity contribution >= 4 is 5.96 Å². The fourth-order valence-corrected chi connectivity index (χ4v) is 2.44. The first-order valence-corrected chi connectivity index (χ1v) is 7.93. The van der Waals surface area contributed by atoms with Crippen LogP contribution in [0.1, 0.15) is 20.3 Å². The van der Waals surface area contributed by atoms with E-state index in [2.05, 4.69) is 34.4 Å². The molecule has 1 unspecified atom stereocenters. The topological polar surface area (TPSA) is 58.1 Å². The molecule has 0 saturated carbocycles. The van der Waals surface area contributed by atoms with Crippen molar-refractivity contribution in [3.63, 3.8) is 0 Å². The Morgan fingerprint density at radius 1 is 1.43 bits per heavy atom. The van der Waals surface area contributed by atoms with Crippen molar-refractivity contribution < 1.29 is 9.47 Å². The van der Waals surface area contributed by atoms with Gasteiger partial charge >= 0.3 is 0 Å². The Bertz CT molecular complexity index is 297. The number of guanidine groups is 1. The van der Waals surface area contributed by atoms with Crippen LogP contribution in [0.2, 0.25) is 0 Å². The largest absolute Gasteiger partial charge is 0.385 e. The number of aliphatic imine (C=N–C) groups is 1. The number of nitrogens with zero attached hydrogens (tertiary/aromatic N) is 2. The summed E-state index contributed by atoms with van der Waals surface area (Å²) in [4.78, 5) is 6.70. The molecule has 21 heavy (non-hydrogen) atoms. The highest BCUT2D eigenvalue weighted by molar-refractivity contribution is 5.79. The van der Waals surface area contributed by atoms with Crippen molar-refractivity contribution in [1.29, 1.82) is 0 Å². The van der Waals surface area contributed by atoms with Crippen molar-refractivity contribution in [2.45, 2.75) is 26.4 Å². The Morgan fingerprint density at radius 3 is 2.90 bits per heavy atom. The predicted octanol–water partition coefficient (Wildman–Crippen LogP) is 0.545. The summed E-state index contributed by atoms with van der Waals surface area (Å²) in [5, 5.41) is 6.61. The Kier molecular flexibility index (Phi) is 9.37. The summed E-state index contributed by atoms with van der Waals surface area (Å²) in [6.45, 7) is 10.9. The number of hydrogen-bond donors (Lipinski definition) is 2. The zero-order valence-corrected chi connectivity index (χ0v) is 14.0. The van der Waals surface area contributed by atoms with Crippen LogP contribution in [0.3, 0.4) is 0 Å².